The van der Waals surface area contributed by atoms with E-state index >= 15 is 0 Å². The van der Waals surface area contributed by atoms with E-state index in [9.17, 15) is 0 Å². The lowest BCUT2D eigenvalue weighted by Gasteiger charge is -2.27. The van der Waals surface area contributed by atoms with Crippen molar-refractivity contribution in [1.82, 2.24) is 0 Å². The summed E-state index contributed by atoms with van der Waals surface area (Å²) in [6, 6.07) is 0. The van der Waals surface area contributed by atoms with Crippen LogP contribution in [0, 0.1) is 11.8 Å². The Hall–Kier alpha value is -0.195. The molecule has 0 atom stereocenters. The van der Waals surface area contributed by atoms with Crippen molar-refractivity contribution in [2.45, 2.75) is 64.6 Å². The van der Waals surface area contributed by atoms with Crippen molar-refractivity contribution in [1.29, 1.82) is 0 Å². The second-order valence-electron chi connectivity index (χ2n) is 5.14. The Morgan fingerprint density at radius 1 is 1.07 bits per heavy atom. The van der Waals surface area contributed by atoms with Crippen LogP contribution >= 0.6 is 0 Å². The van der Waals surface area contributed by atoms with E-state index < -0.39 is 0 Å². The van der Waals surface area contributed by atoms with Crippen molar-refractivity contribution >= 4 is 7.85 Å². The van der Waals surface area contributed by atoms with Gasteiger partial charge >= 0.3 is 0 Å². The lowest BCUT2D eigenvalue weighted by atomic mass is 9.78. The number of allylic oxidation sites excluding steroid dienone is 2. The molecule has 0 heterocycles. The molecule has 15 heavy (non-hydrogen) atoms. The smallest absolute Gasteiger partial charge is 0.0888 e. The predicted octanol–water partition coefficient (Wildman–Crippen LogP) is 3.98. The van der Waals surface area contributed by atoms with Gasteiger partial charge in [-0.15, -0.1) is 0 Å². The highest BCUT2D eigenvalue weighted by Gasteiger charge is 2.19. The minimum atomic E-state index is 1.01. The van der Waals surface area contributed by atoms with Crippen LogP contribution in [0.3, 0.4) is 0 Å². The van der Waals surface area contributed by atoms with Gasteiger partial charge in [-0.2, -0.15) is 0 Å². The van der Waals surface area contributed by atoms with E-state index in [2.05, 4.69) is 26.9 Å². The van der Waals surface area contributed by atoms with Crippen LogP contribution in [0.25, 0.3) is 0 Å². The predicted molar refractivity (Wildman–Crippen MR) is 72.1 cm³/mol. The van der Waals surface area contributed by atoms with Gasteiger partial charge in [0.25, 0.3) is 0 Å². The van der Waals surface area contributed by atoms with Crippen molar-refractivity contribution in [2.24, 2.45) is 11.8 Å². The molecule has 86 valence electrons. The molecule has 1 heteroatoms. The summed E-state index contributed by atoms with van der Waals surface area (Å²) in [5.74, 6) is 2.07. The molecule has 0 saturated heterocycles. The lowest BCUT2D eigenvalue weighted by Crippen LogP contribution is -2.14. The fourth-order valence-corrected chi connectivity index (χ4v) is 2.70. The van der Waals surface area contributed by atoms with Gasteiger partial charge < -0.3 is 0 Å². The summed E-state index contributed by atoms with van der Waals surface area (Å²) in [6.07, 6.45) is 17.6. The summed E-state index contributed by atoms with van der Waals surface area (Å²) in [5, 5.41) is 0. The van der Waals surface area contributed by atoms with Gasteiger partial charge in [0, 0.05) is 0 Å². The Bertz CT molecular complexity index is 166. The number of rotatable bonds is 6. The molecule has 1 aliphatic rings. The Morgan fingerprint density at radius 2 is 1.73 bits per heavy atom. The highest BCUT2D eigenvalue weighted by atomic mass is 14.2. The van der Waals surface area contributed by atoms with E-state index in [1.807, 2.05) is 0 Å². The third-order valence-corrected chi connectivity index (χ3v) is 3.80. The van der Waals surface area contributed by atoms with Gasteiger partial charge in [0.2, 0.25) is 0 Å². The van der Waals surface area contributed by atoms with Crippen LogP contribution in [0.5, 0.6) is 0 Å². The van der Waals surface area contributed by atoms with E-state index in [-0.39, 0.29) is 0 Å². The average Bonchev–Trinajstić information content (AvgIpc) is 2.28. The summed E-state index contributed by atoms with van der Waals surface area (Å²) in [7, 11) is 2.31. The first-order valence-electron chi connectivity index (χ1n) is 7.01. The third kappa shape index (κ3) is 5.44. The lowest BCUT2D eigenvalue weighted by molar-refractivity contribution is 0.263. The van der Waals surface area contributed by atoms with Gasteiger partial charge in [-0.1, -0.05) is 51.1 Å². The van der Waals surface area contributed by atoms with Crippen LogP contribution in [-0.2, 0) is 0 Å². The molecular formula is C14H27B. The molecule has 0 aliphatic heterocycles. The molecule has 1 saturated carbocycles. The second-order valence-corrected chi connectivity index (χ2v) is 5.14. The van der Waals surface area contributed by atoms with E-state index in [4.69, 9.17) is 0 Å². The van der Waals surface area contributed by atoms with E-state index in [0.29, 0.717) is 0 Å². The van der Waals surface area contributed by atoms with Crippen LogP contribution in [0.4, 0.5) is 0 Å². The zero-order valence-corrected chi connectivity index (χ0v) is 10.7. The highest BCUT2D eigenvalue weighted by Crippen LogP contribution is 2.33. The Balaban J connectivity index is 2.09. The fourth-order valence-electron chi connectivity index (χ4n) is 2.70. The minimum absolute atomic E-state index is 1.01. The topological polar surface area (TPSA) is 0 Å². The van der Waals surface area contributed by atoms with Gasteiger partial charge in [0.15, 0.2) is 0 Å². The maximum atomic E-state index is 2.40. The van der Waals surface area contributed by atoms with Crippen LogP contribution in [0.1, 0.15) is 58.3 Å². The summed E-state index contributed by atoms with van der Waals surface area (Å²) in [6.45, 7) is 2.22. The standard InChI is InChI=1S/C14H27B/c1-2-3-4-6-13-8-10-14(11-9-13)7-5-12-15/h3-4,13-14H,2,5-12,15H2,1H3/b4-3-. The van der Waals surface area contributed by atoms with E-state index in [1.165, 1.54) is 57.7 Å². The molecule has 1 aliphatic carbocycles. The van der Waals surface area contributed by atoms with E-state index in [1.54, 1.807) is 0 Å². The fraction of sp³-hybridized carbons (Fsp3) is 0.857. The van der Waals surface area contributed by atoms with Crippen molar-refractivity contribution in [2.75, 3.05) is 0 Å². The Morgan fingerprint density at radius 3 is 2.33 bits per heavy atom. The molecular weight excluding hydrogens is 179 g/mol. The van der Waals surface area contributed by atoms with Gasteiger partial charge in [0.1, 0.15) is 7.85 Å². The monoisotopic (exact) mass is 206 g/mol. The summed E-state index contributed by atoms with van der Waals surface area (Å²) in [5.41, 5.74) is 0. The summed E-state index contributed by atoms with van der Waals surface area (Å²) in [4.78, 5) is 0. The molecule has 1 rings (SSSR count). The summed E-state index contributed by atoms with van der Waals surface area (Å²) < 4.78 is 0. The Kier molecular flexibility index (Phi) is 6.88. The molecule has 0 unspecified atom stereocenters. The van der Waals surface area contributed by atoms with Crippen LogP contribution < -0.4 is 0 Å². The number of hydrogen-bond donors (Lipinski definition) is 0. The average molecular weight is 206 g/mol. The van der Waals surface area contributed by atoms with Crippen molar-refractivity contribution in [3.63, 3.8) is 0 Å². The van der Waals surface area contributed by atoms with E-state index in [0.717, 1.165) is 11.8 Å². The maximum absolute atomic E-state index is 2.40. The van der Waals surface area contributed by atoms with Gasteiger partial charge in [-0.25, -0.2) is 0 Å². The van der Waals surface area contributed by atoms with Crippen LogP contribution in [0.2, 0.25) is 6.32 Å². The van der Waals surface area contributed by atoms with Gasteiger partial charge in [0.05, 0.1) is 0 Å². The molecule has 0 bridgehead atoms. The molecule has 0 aromatic carbocycles. The van der Waals surface area contributed by atoms with Gasteiger partial charge in [-0.3, -0.25) is 0 Å². The zero-order chi connectivity index (χ0) is 10.9. The Labute approximate surface area is 96.9 Å². The summed E-state index contributed by atoms with van der Waals surface area (Å²) >= 11 is 0. The second kappa shape index (κ2) is 8.02. The molecule has 0 aromatic rings. The third-order valence-electron chi connectivity index (χ3n) is 3.80. The molecule has 0 N–H and O–H groups in total. The highest BCUT2D eigenvalue weighted by molar-refractivity contribution is 6.08. The normalized spacial score (nSPS) is 27.3. The van der Waals surface area contributed by atoms with Crippen LogP contribution in [-0.4, -0.2) is 7.85 Å². The SMILES string of the molecule is BCCCC1CCC(C/C=C\CC)CC1. The molecule has 1 fully saturated rings. The largest absolute Gasteiger partial charge is 0.101 e. The molecule has 0 aromatic heterocycles. The van der Waals surface area contributed by atoms with Crippen LogP contribution in [0.15, 0.2) is 12.2 Å². The van der Waals surface area contributed by atoms with Crippen molar-refractivity contribution in [3.05, 3.63) is 12.2 Å². The first-order chi connectivity index (χ1) is 7.36. The van der Waals surface area contributed by atoms with Crippen molar-refractivity contribution < 1.29 is 0 Å². The zero-order valence-electron chi connectivity index (χ0n) is 10.7. The van der Waals surface area contributed by atoms with Gasteiger partial charge in [-0.05, 0) is 37.5 Å². The molecule has 0 nitrogen and oxygen atoms in total. The molecule has 0 amide bonds. The van der Waals surface area contributed by atoms with Crippen molar-refractivity contribution in [3.8, 4) is 0 Å². The quantitative estimate of drug-likeness (QED) is 0.455. The number of hydrogen-bond acceptors (Lipinski definition) is 0. The first kappa shape index (κ1) is 12.9. The molecule has 0 spiro atoms. The minimum Gasteiger partial charge on any atom is -0.0888 e. The molecule has 0 radical (unpaired) electrons. The maximum Gasteiger partial charge on any atom is 0.101 e. The first-order valence-corrected chi connectivity index (χ1v) is 7.01.